The van der Waals surface area contributed by atoms with Crippen LogP contribution in [0.25, 0.3) is 0 Å². The van der Waals surface area contributed by atoms with E-state index in [1.807, 2.05) is 12.1 Å². The Bertz CT molecular complexity index is 543. The molecule has 0 bridgehead atoms. The molecular formula is C21H31ClO3. The van der Waals surface area contributed by atoms with Crippen molar-refractivity contribution in [2.45, 2.75) is 77.2 Å². The molecule has 140 valence electrons. The van der Waals surface area contributed by atoms with Gasteiger partial charge < -0.3 is 9.47 Å². The van der Waals surface area contributed by atoms with Crippen molar-refractivity contribution in [2.24, 2.45) is 11.8 Å². The molecule has 0 amide bonds. The van der Waals surface area contributed by atoms with E-state index in [0.29, 0.717) is 5.75 Å². The SMILES string of the molecule is CCCCC1(c2ccc(OC(=O)OC(C)Cl)cc2)CC(C)C[C@@H](C)C1. The van der Waals surface area contributed by atoms with E-state index in [1.165, 1.54) is 44.1 Å². The molecule has 3 unspecified atom stereocenters. The first-order chi connectivity index (χ1) is 11.8. The number of carbonyl (C=O) groups is 1. The molecule has 3 nitrogen and oxygen atoms in total. The van der Waals surface area contributed by atoms with E-state index < -0.39 is 11.7 Å². The van der Waals surface area contributed by atoms with Crippen molar-refractivity contribution in [1.82, 2.24) is 0 Å². The van der Waals surface area contributed by atoms with Crippen molar-refractivity contribution in [2.75, 3.05) is 0 Å². The lowest BCUT2D eigenvalue weighted by Gasteiger charge is -2.44. The van der Waals surface area contributed by atoms with Gasteiger partial charge in [0.05, 0.1) is 0 Å². The number of rotatable bonds is 6. The second kappa shape index (κ2) is 8.93. The third kappa shape index (κ3) is 5.64. The molecule has 0 N–H and O–H groups in total. The summed E-state index contributed by atoms with van der Waals surface area (Å²) in [5.74, 6) is 1.99. The highest BCUT2D eigenvalue weighted by Crippen LogP contribution is 2.47. The first-order valence-electron chi connectivity index (χ1n) is 9.47. The number of benzene rings is 1. The smallest absolute Gasteiger partial charge is 0.415 e. The maximum Gasteiger partial charge on any atom is 0.515 e. The highest BCUT2D eigenvalue weighted by Gasteiger charge is 2.38. The Morgan fingerprint density at radius 3 is 2.36 bits per heavy atom. The van der Waals surface area contributed by atoms with Crippen LogP contribution >= 0.6 is 11.6 Å². The van der Waals surface area contributed by atoms with Gasteiger partial charge in [-0.15, -0.1) is 0 Å². The van der Waals surface area contributed by atoms with Crippen LogP contribution in [0.2, 0.25) is 0 Å². The van der Waals surface area contributed by atoms with Crippen LogP contribution in [0.3, 0.4) is 0 Å². The lowest BCUT2D eigenvalue weighted by molar-refractivity contribution is 0.0923. The predicted molar refractivity (Wildman–Crippen MR) is 102 cm³/mol. The number of unbranched alkanes of at least 4 members (excludes halogenated alkanes) is 1. The van der Waals surface area contributed by atoms with Crippen molar-refractivity contribution in [3.8, 4) is 5.75 Å². The molecule has 1 aliphatic rings. The Hall–Kier alpha value is -1.22. The van der Waals surface area contributed by atoms with Crippen LogP contribution in [-0.4, -0.2) is 11.7 Å². The van der Waals surface area contributed by atoms with E-state index in [0.717, 1.165) is 11.8 Å². The van der Waals surface area contributed by atoms with Crippen molar-refractivity contribution < 1.29 is 14.3 Å². The van der Waals surface area contributed by atoms with Gasteiger partial charge in [0.1, 0.15) is 5.75 Å². The van der Waals surface area contributed by atoms with Crippen molar-refractivity contribution >= 4 is 17.8 Å². The second-order valence-corrected chi connectivity index (χ2v) is 8.39. The topological polar surface area (TPSA) is 35.5 Å². The van der Waals surface area contributed by atoms with Gasteiger partial charge in [0, 0.05) is 0 Å². The van der Waals surface area contributed by atoms with Gasteiger partial charge in [-0.1, -0.05) is 57.3 Å². The van der Waals surface area contributed by atoms with Crippen molar-refractivity contribution in [3.05, 3.63) is 29.8 Å². The number of carbonyl (C=O) groups excluding carboxylic acids is 1. The Balaban J connectivity index is 2.16. The molecule has 1 aliphatic carbocycles. The zero-order valence-corrected chi connectivity index (χ0v) is 16.6. The summed E-state index contributed by atoms with van der Waals surface area (Å²) in [6.07, 6.45) is 6.72. The van der Waals surface area contributed by atoms with Gasteiger partial charge >= 0.3 is 6.16 Å². The van der Waals surface area contributed by atoms with E-state index in [9.17, 15) is 4.79 Å². The van der Waals surface area contributed by atoms with Crippen LogP contribution < -0.4 is 4.74 Å². The summed E-state index contributed by atoms with van der Waals surface area (Å²) in [5, 5.41) is 0. The molecule has 0 heterocycles. The fourth-order valence-electron chi connectivity index (χ4n) is 4.50. The third-order valence-electron chi connectivity index (χ3n) is 5.22. The van der Waals surface area contributed by atoms with Crippen molar-refractivity contribution in [1.29, 1.82) is 0 Å². The molecule has 2 rings (SSSR count). The summed E-state index contributed by atoms with van der Waals surface area (Å²) in [7, 11) is 0. The minimum absolute atomic E-state index is 0.247. The zero-order valence-electron chi connectivity index (χ0n) is 15.9. The van der Waals surface area contributed by atoms with Crippen molar-refractivity contribution in [3.63, 3.8) is 0 Å². The molecule has 0 spiro atoms. The van der Waals surface area contributed by atoms with E-state index >= 15 is 0 Å². The van der Waals surface area contributed by atoms with E-state index in [1.54, 1.807) is 6.92 Å². The third-order valence-corrected chi connectivity index (χ3v) is 5.31. The summed E-state index contributed by atoms with van der Waals surface area (Å²) in [6, 6.07) is 7.97. The molecule has 1 fully saturated rings. The standard InChI is InChI=1S/C21H31ClO3/c1-5-6-11-21(13-15(2)12-16(3)14-21)18-7-9-19(10-8-18)25-20(23)24-17(4)22/h7-10,15-17H,5-6,11-14H2,1-4H3/t15-,16?,17?,21?/m1/s1. The monoisotopic (exact) mass is 366 g/mol. The molecule has 1 aromatic carbocycles. The number of halogens is 1. The summed E-state index contributed by atoms with van der Waals surface area (Å²) < 4.78 is 9.98. The largest absolute Gasteiger partial charge is 0.515 e. The molecule has 4 atom stereocenters. The highest BCUT2D eigenvalue weighted by atomic mass is 35.5. The summed E-state index contributed by atoms with van der Waals surface area (Å²) in [5.41, 5.74) is 0.914. The second-order valence-electron chi connectivity index (χ2n) is 7.78. The maximum absolute atomic E-state index is 11.6. The highest BCUT2D eigenvalue weighted by molar-refractivity contribution is 6.19. The summed E-state index contributed by atoms with van der Waals surface area (Å²) in [4.78, 5) is 11.6. The molecule has 1 aromatic rings. The van der Waals surface area contributed by atoms with Crippen LogP contribution in [0.15, 0.2) is 24.3 Å². The van der Waals surface area contributed by atoms with Gasteiger partial charge in [0.25, 0.3) is 0 Å². The lowest BCUT2D eigenvalue weighted by atomic mass is 9.61. The van der Waals surface area contributed by atoms with Gasteiger partial charge in [-0.05, 0) is 67.6 Å². The van der Waals surface area contributed by atoms with E-state index in [2.05, 4.69) is 32.9 Å². The van der Waals surface area contributed by atoms with Crippen LogP contribution in [-0.2, 0) is 10.2 Å². The van der Waals surface area contributed by atoms with Gasteiger partial charge in [-0.3, -0.25) is 0 Å². The van der Waals surface area contributed by atoms with E-state index in [4.69, 9.17) is 21.1 Å². The van der Waals surface area contributed by atoms with Crippen LogP contribution in [0.1, 0.15) is 71.8 Å². The molecule has 25 heavy (non-hydrogen) atoms. The Labute approximate surface area is 157 Å². The van der Waals surface area contributed by atoms with E-state index in [-0.39, 0.29) is 5.41 Å². The average Bonchev–Trinajstić information content (AvgIpc) is 2.52. The van der Waals surface area contributed by atoms with Gasteiger partial charge in [-0.25, -0.2) is 4.79 Å². The molecule has 4 heteroatoms. The van der Waals surface area contributed by atoms with Gasteiger partial charge in [0.15, 0.2) is 5.56 Å². The zero-order chi connectivity index (χ0) is 18.4. The number of hydrogen-bond acceptors (Lipinski definition) is 3. The Morgan fingerprint density at radius 2 is 1.84 bits per heavy atom. The quantitative estimate of drug-likeness (QED) is 0.320. The normalized spacial score (nSPS) is 27.6. The molecule has 0 saturated heterocycles. The maximum atomic E-state index is 11.6. The summed E-state index contributed by atoms with van der Waals surface area (Å²) in [6.45, 7) is 8.58. The number of ether oxygens (including phenoxy) is 2. The van der Waals surface area contributed by atoms with Gasteiger partial charge in [-0.2, -0.15) is 0 Å². The number of hydrogen-bond donors (Lipinski definition) is 0. The predicted octanol–water partition coefficient (Wildman–Crippen LogP) is 6.67. The van der Waals surface area contributed by atoms with Crippen LogP contribution in [0, 0.1) is 11.8 Å². The number of alkyl halides is 1. The van der Waals surface area contributed by atoms with Gasteiger partial charge in [0.2, 0.25) is 0 Å². The fraction of sp³-hybridized carbons (Fsp3) is 0.667. The van der Waals surface area contributed by atoms with Crippen LogP contribution in [0.4, 0.5) is 4.79 Å². The molecule has 1 saturated carbocycles. The molecule has 0 aliphatic heterocycles. The fourth-order valence-corrected chi connectivity index (χ4v) is 4.57. The lowest BCUT2D eigenvalue weighted by Crippen LogP contribution is -2.35. The first-order valence-corrected chi connectivity index (χ1v) is 9.91. The minimum Gasteiger partial charge on any atom is -0.415 e. The molecule has 0 radical (unpaired) electrons. The first kappa shape index (κ1) is 20.1. The average molecular weight is 367 g/mol. The summed E-state index contributed by atoms with van der Waals surface area (Å²) >= 11 is 5.64. The Morgan fingerprint density at radius 1 is 1.24 bits per heavy atom. The molecular weight excluding hydrogens is 336 g/mol. The molecule has 0 aromatic heterocycles. The Kier molecular flexibility index (Phi) is 7.18. The van der Waals surface area contributed by atoms with Crippen LogP contribution in [0.5, 0.6) is 5.75 Å². The minimum atomic E-state index is -0.768.